The zero-order chi connectivity index (χ0) is 20.5. The van der Waals surface area contributed by atoms with E-state index in [0.717, 1.165) is 10.0 Å². The highest BCUT2D eigenvalue weighted by Crippen LogP contribution is 2.37. The van der Waals surface area contributed by atoms with Gasteiger partial charge in [0.15, 0.2) is 5.11 Å². The van der Waals surface area contributed by atoms with Gasteiger partial charge in [0.1, 0.15) is 18.7 Å². The molecule has 0 aromatic heterocycles. The van der Waals surface area contributed by atoms with Crippen LogP contribution >= 0.6 is 28.1 Å². The summed E-state index contributed by atoms with van der Waals surface area (Å²) in [6.45, 7) is -0.577. The van der Waals surface area contributed by atoms with Crippen LogP contribution in [0.1, 0.15) is 11.1 Å². The van der Waals surface area contributed by atoms with Crippen LogP contribution in [0.5, 0.6) is 0 Å². The van der Waals surface area contributed by atoms with E-state index in [1.54, 1.807) is 18.2 Å². The number of rotatable bonds is 5. The van der Waals surface area contributed by atoms with Crippen molar-refractivity contribution in [3.05, 3.63) is 69.8 Å². The van der Waals surface area contributed by atoms with Crippen molar-refractivity contribution in [2.75, 3.05) is 12.1 Å². The third-order valence-electron chi connectivity index (χ3n) is 4.67. The Bertz CT molecular complexity index is 1040. The van der Waals surface area contributed by atoms with Crippen molar-refractivity contribution in [3.63, 3.8) is 0 Å². The van der Waals surface area contributed by atoms with Gasteiger partial charge >= 0.3 is 0 Å². The minimum atomic E-state index is -0.820. The van der Waals surface area contributed by atoms with Crippen molar-refractivity contribution in [1.29, 1.82) is 0 Å². The highest BCUT2D eigenvalue weighted by atomic mass is 79.9. The number of anilines is 1. The first-order valence-electron chi connectivity index (χ1n) is 8.76. The van der Waals surface area contributed by atoms with E-state index in [9.17, 15) is 14.7 Å². The molecule has 1 atom stereocenters. The molecule has 1 unspecified atom stereocenters. The highest BCUT2D eigenvalue weighted by Gasteiger charge is 2.41. The summed E-state index contributed by atoms with van der Waals surface area (Å²) in [5.41, 5.74) is 2.44. The molecular weight excluding hydrogens is 458 g/mol. The van der Waals surface area contributed by atoms with Crippen LogP contribution < -0.4 is 10.6 Å². The summed E-state index contributed by atoms with van der Waals surface area (Å²) in [6, 6.07) is 14.7. The van der Waals surface area contributed by atoms with Crippen LogP contribution in [0.2, 0.25) is 0 Å². The van der Waals surface area contributed by atoms with Crippen molar-refractivity contribution < 1.29 is 19.4 Å². The Morgan fingerprint density at radius 3 is 2.62 bits per heavy atom. The Morgan fingerprint density at radius 2 is 1.90 bits per heavy atom. The van der Waals surface area contributed by atoms with Crippen molar-refractivity contribution >= 4 is 56.3 Å². The van der Waals surface area contributed by atoms with Gasteiger partial charge in [0.2, 0.25) is 0 Å². The SMILES string of the molecule is O=C1Nc2ccc(Br)cc2/C1=C1/NC(=S)N(C(Cc2ccccc2)OCO)C1=O. The molecule has 29 heavy (non-hydrogen) atoms. The van der Waals surface area contributed by atoms with Crippen LogP contribution in [-0.4, -0.2) is 40.0 Å². The average molecular weight is 474 g/mol. The first kappa shape index (κ1) is 19.7. The number of nitrogens with one attached hydrogen (secondary N) is 2. The average Bonchev–Trinajstić information content (AvgIpc) is 3.16. The molecule has 0 aliphatic carbocycles. The largest absolute Gasteiger partial charge is 0.371 e. The number of ether oxygens (including phenoxy) is 1. The number of fused-ring (bicyclic) bond motifs is 1. The quantitative estimate of drug-likeness (QED) is 0.350. The first-order valence-corrected chi connectivity index (χ1v) is 9.96. The number of nitrogens with zero attached hydrogens (tertiary/aromatic N) is 1. The van der Waals surface area contributed by atoms with Crippen LogP contribution in [0.4, 0.5) is 5.69 Å². The third-order valence-corrected chi connectivity index (χ3v) is 5.46. The lowest BCUT2D eigenvalue weighted by atomic mass is 10.0. The summed E-state index contributed by atoms with van der Waals surface area (Å²) >= 11 is 8.75. The molecule has 4 rings (SSSR count). The standard InChI is InChI=1S/C20H16BrN3O4S/c21-12-6-7-14-13(9-12)16(18(26)22-14)17-19(27)24(20(29)23-17)15(28-10-25)8-11-4-2-1-3-5-11/h1-7,9,15,25H,8,10H2,(H,22,26)(H,23,29)/b17-16-. The minimum Gasteiger partial charge on any atom is -0.371 e. The first-order chi connectivity index (χ1) is 14.0. The molecule has 2 aromatic rings. The van der Waals surface area contributed by atoms with Gasteiger partial charge < -0.3 is 20.5 Å². The molecule has 0 bridgehead atoms. The number of amides is 2. The molecule has 0 spiro atoms. The van der Waals surface area contributed by atoms with Crippen molar-refractivity contribution in [1.82, 2.24) is 10.2 Å². The highest BCUT2D eigenvalue weighted by molar-refractivity contribution is 9.10. The third kappa shape index (κ3) is 3.69. The van der Waals surface area contributed by atoms with Gasteiger partial charge in [-0.15, -0.1) is 0 Å². The van der Waals surface area contributed by atoms with Gasteiger partial charge in [-0.2, -0.15) is 0 Å². The van der Waals surface area contributed by atoms with E-state index in [4.69, 9.17) is 17.0 Å². The Balaban J connectivity index is 1.71. The lowest BCUT2D eigenvalue weighted by molar-refractivity contribution is -0.140. The lowest BCUT2D eigenvalue weighted by Gasteiger charge is -2.25. The number of thiocarbonyl (C=S) groups is 1. The number of halogens is 1. The van der Waals surface area contributed by atoms with E-state index in [1.807, 2.05) is 30.3 Å². The molecule has 0 saturated carbocycles. The van der Waals surface area contributed by atoms with Gasteiger partial charge in [-0.05, 0) is 36.0 Å². The fraction of sp³-hybridized carbons (Fsp3) is 0.150. The Kier molecular flexibility index (Phi) is 5.46. The van der Waals surface area contributed by atoms with E-state index >= 15 is 0 Å². The summed E-state index contributed by atoms with van der Waals surface area (Å²) < 4.78 is 6.18. The van der Waals surface area contributed by atoms with Gasteiger partial charge in [0.05, 0.1) is 5.57 Å². The second-order valence-electron chi connectivity index (χ2n) is 6.44. The van der Waals surface area contributed by atoms with E-state index in [-0.39, 0.29) is 22.3 Å². The molecule has 1 saturated heterocycles. The van der Waals surface area contributed by atoms with E-state index in [1.165, 1.54) is 4.90 Å². The van der Waals surface area contributed by atoms with Crippen molar-refractivity contribution in [2.24, 2.45) is 0 Å². The Morgan fingerprint density at radius 1 is 1.14 bits per heavy atom. The molecule has 7 nitrogen and oxygen atoms in total. The zero-order valence-electron chi connectivity index (χ0n) is 15.0. The lowest BCUT2D eigenvalue weighted by Crippen LogP contribution is -2.43. The smallest absolute Gasteiger partial charge is 0.279 e. The maximum absolute atomic E-state index is 13.2. The molecule has 2 aromatic carbocycles. The Hall–Kier alpha value is -2.59. The molecular formula is C20H16BrN3O4S. The molecule has 1 fully saturated rings. The number of hydrogen-bond acceptors (Lipinski definition) is 5. The summed E-state index contributed by atoms with van der Waals surface area (Å²) in [5.74, 6) is -0.872. The van der Waals surface area contributed by atoms with Crippen LogP contribution in [0.15, 0.2) is 58.7 Å². The van der Waals surface area contributed by atoms with Gasteiger partial charge in [0, 0.05) is 22.1 Å². The normalized spacial score (nSPS) is 19.2. The fourth-order valence-electron chi connectivity index (χ4n) is 3.38. The van der Waals surface area contributed by atoms with E-state index < -0.39 is 18.9 Å². The van der Waals surface area contributed by atoms with Gasteiger partial charge in [-0.3, -0.25) is 14.5 Å². The molecule has 9 heteroatoms. The van der Waals surface area contributed by atoms with Gasteiger partial charge in [-0.1, -0.05) is 46.3 Å². The molecule has 148 valence electrons. The molecule has 2 amide bonds. The van der Waals surface area contributed by atoms with Gasteiger partial charge in [0.25, 0.3) is 11.8 Å². The van der Waals surface area contributed by atoms with Crippen LogP contribution in [0.3, 0.4) is 0 Å². The summed E-state index contributed by atoms with van der Waals surface area (Å²) in [4.78, 5) is 27.0. The second-order valence-corrected chi connectivity index (χ2v) is 7.74. The predicted molar refractivity (Wildman–Crippen MR) is 114 cm³/mol. The van der Waals surface area contributed by atoms with E-state index in [2.05, 4.69) is 26.6 Å². The second kappa shape index (κ2) is 8.03. The fourth-order valence-corrected chi connectivity index (χ4v) is 4.04. The number of carbonyl (C=O) groups excluding carboxylic acids is 2. The summed E-state index contributed by atoms with van der Waals surface area (Å²) in [5, 5.41) is 15.1. The monoisotopic (exact) mass is 473 g/mol. The number of benzene rings is 2. The minimum absolute atomic E-state index is 0.0870. The maximum atomic E-state index is 13.2. The molecule has 2 aliphatic rings. The predicted octanol–water partition coefficient (Wildman–Crippen LogP) is 2.36. The molecule has 3 N–H and O–H groups in total. The molecule has 2 aliphatic heterocycles. The number of aliphatic hydroxyl groups excluding tert-OH is 1. The Labute approximate surface area is 180 Å². The number of carbonyl (C=O) groups is 2. The van der Waals surface area contributed by atoms with E-state index in [0.29, 0.717) is 17.7 Å². The van der Waals surface area contributed by atoms with Crippen LogP contribution in [0, 0.1) is 0 Å². The van der Waals surface area contributed by atoms with Crippen molar-refractivity contribution in [2.45, 2.75) is 12.6 Å². The summed E-state index contributed by atoms with van der Waals surface area (Å²) in [7, 11) is 0. The molecule has 0 radical (unpaired) electrons. The van der Waals surface area contributed by atoms with Crippen molar-refractivity contribution in [3.8, 4) is 0 Å². The number of hydrogen-bond donors (Lipinski definition) is 3. The van der Waals surface area contributed by atoms with Gasteiger partial charge in [-0.25, -0.2) is 0 Å². The van der Waals surface area contributed by atoms with Crippen LogP contribution in [-0.2, 0) is 20.7 Å². The van der Waals surface area contributed by atoms with Crippen LogP contribution in [0.25, 0.3) is 5.57 Å². The summed E-state index contributed by atoms with van der Waals surface area (Å²) in [6.07, 6.45) is -0.495. The molecule has 2 heterocycles. The topological polar surface area (TPSA) is 90.9 Å². The maximum Gasteiger partial charge on any atom is 0.279 e. The number of aliphatic hydroxyl groups is 1. The zero-order valence-corrected chi connectivity index (χ0v) is 17.4.